The Morgan fingerprint density at radius 2 is 2.12 bits per heavy atom. The molecule has 0 fully saturated rings. The fourth-order valence-corrected chi connectivity index (χ4v) is 1.61. The minimum absolute atomic E-state index is 0.0959. The van der Waals surface area contributed by atoms with Gasteiger partial charge >= 0.3 is 0 Å². The van der Waals surface area contributed by atoms with Gasteiger partial charge in [-0.1, -0.05) is 0 Å². The molecule has 0 spiro atoms. The summed E-state index contributed by atoms with van der Waals surface area (Å²) in [5, 5.41) is 0.466. The fraction of sp³-hybridized carbons (Fsp3) is 0.0909. The van der Waals surface area contributed by atoms with Gasteiger partial charge in [0.1, 0.15) is 5.82 Å². The molecule has 1 aromatic heterocycles. The molecule has 16 heavy (non-hydrogen) atoms. The van der Waals surface area contributed by atoms with Crippen LogP contribution in [0.3, 0.4) is 0 Å². The SMILES string of the molecule is O=C(CCl)c1cc(F)c2[nH]c(=O)ccc2c1. The molecule has 0 saturated heterocycles. The second-order valence-electron chi connectivity index (χ2n) is 3.30. The lowest BCUT2D eigenvalue weighted by Gasteiger charge is -2.02. The molecular formula is C11H7ClFNO2. The molecule has 82 valence electrons. The van der Waals surface area contributed by atoms with E-state index in [-0.39, 0.29) is 28.3 Å². The van der Waals surface area contributed by atoms with Crippen molar-refractivity contribution in [2.45, 2.75) is 0 Å². The third-order valence-electron chi connectivity index (χ3n) is 2.23. The first kappa shape index (κ1) is 10.8. The summed E-state index contributed by atoms with van der Waals surface area (Å²) in [6.07, 6.45) is 0. The number of carbonyl (C=O) groups excluding carboxylic acids is 1. The van der Waals surface area contributed by atoms with E-state index in [0.29, 0.717) is 5.39 Å². The smallest absolute Gasteiger partial charge is 0.248 e. The molecule has 1 aromatic carbocycles. The predicted octanol–water partition coefficient (Wildman–Crippen LogP) is 2.09. The third kappa shape index (κ3) is 1.84. The maximum absolute atomic E-state index is 13.6. The second-order valence-corrected chi connectivity index (χ2v) is 3.57. The third-order valence-corrected chi connectivity index (χ3v) is 2.47. The molecule has 1 heterocycles. The van der Waals surface area contributed by atoms with Crippen molar-refractivity contribution < 1.29 is 9.18 Å². The van der Waals surface area contributed by atoms with Crippen molar-refractivity contribution in [1.82, 2.24) is 4.98 Å². The summed E-state index contributed by atoms with van der Waals surface area (Å²) < 4.78 is 13.6. The number of benzene rings is 1. The first-order valence-electron chi connectivity index (χ1n) is 4.53. The topological polar surface area (TPSA) is 49.9 Å². The fourth-order valence-electron chi connectivity index (χ4n) is 1.46. The van der Waals surface area contributed by atoms with E-state index in [4.69, 9.17) is 11.6 Å². The van der Waals surface area contributed by atoms with Crippen LogP contribution in [0.2, 0.25) is 0 Å². The van der Waals surface area contributed by atoms with Gasteiger partial charge in [0.15, 0.2) is 5.78 Å². The molecule has 0 aliphatic carbocycles. The van der Waals surface area contributed by atoms with Crippen LogP contribution in [0.1, 0.15) is 10.4 Å². The number of Topliss-reactive ketones (excluding diaryl/α,β-unsaturated/α-hetero) is 1. The zero-order valence-corrected chi connectivity index (χ0v) is 8.84. The Morgan fingerprint density at radius 3 is 2.81 bits per heavy atom. The second kappa shape index (κ2) is 4.06. The Morgan fingerprint density at radius 1 is 1.38 bits per heavy atom. The van der Waals surface area contributed by atoms with Gasteiger partial charge in [-0.05, 0) is 18.2 Å². The van der Waals surface area contributed by atoms with Crippen LogP contribution in [-0.2, 0) is 0 Å². The van der Waals surface area contributed by atoms with Gasteiger partial charge in [-0.3, -0.25) is 9.59 Å². The highest BCUT2D eigenvalue weighted by molar-refractivity contribution is 6.30. The molecule has 0 saturated carbocycles. The number of hydrogen-bond acceptors (Lipinski definition) is 2. The molecule has 2 rings (SSSR count). The van der Waals surface area contributed by atoms with Gasteiger partial charge in [-0.15, -0.1) is 11.6 Å². The van der Waals surface area contributed by atoms with E-state index in [9.17, 15) is 14.0 Å². The Bertz CT molecular complexity index is 621. The van der Waals surface area contributed by atoms with Crippen molar-refractivity contribution >= 4 is 28.3 Å². The number of fused-ring (bicyclic) bond motifs is 1. The lowest BCUT2D eigenvalue weighted by Crippen LogP contribution is -2.06. The van der Waals surface area contributed by atoms with Crippen LogP contribution in [0, 0.1) is 5.82 Å². The number of H-pyrrole nitrogens is 1. The molecule has 0 aliphatic heterocycles. The number of halogens is 2. The van der Waals surface area contributed by atoms with Crippen molar-refractivity contribution in [3.8, 4) is 0 Å². The number of ketones is 1. The van der Waals surface area contributed by atoms with Crippen LogP contribution < -0.4 is 5.56 Å². The van der Waals surface area contributed by atoms with Crippen LogP contribution in [-0.4, -0.2) is 16.6 Å². The molecule has 3 nitrogen and oxygen atoms in total. The molecule has 1 N–H and O–H groups in total. The lowest BCUT2D eigenvalue weighted by atomic mass is 10.1. The summed E-state index contributed by atoms with van der Waals surface area (Å²) in [6.45, 7) is 0. The highest BCUT2D eigenvalue weighted by atomic mass is 35.5. The summed E-state index contributed by atoms with van der Waals surface area (Å²) in [5.74, 6) is -1.19. The summed E-state index contributed by atoms with van der Waals surface area (Å²) in [4.78, 5) is 24.7. The molecule has 0 aliphatic rings. The maximum atomic E-state index is 13.6. The highest BCUT2D eigenvalue weighted by Gasteiger charge is 2.09. The summed E-state index contributed by atoms with van der Waals surface area (Å²) in [7, 11) is 0. The Hall–Kier alpha value is -1.68. The van der Waals surface area contributed by atoms with Gasteiger partial charge < -0.3 is 4.98 Å². The number of pyridine rings is 1. The van der Waals surface area contributed by atoms with Crippen LogP contribution in [0.4, 0.5) is 4.39 Å². The predicted molar refractivity (Wildman–Crippen MR) is 59.6 cm³/mol. The maximum Gasteiger partial charge on any atom is 0.248 e. The van der Waals surface area contributed by atoms with E-state index in [0.717, 1.165) is 6.07 Å². The molecule has 0 radical (unpaired) electrons. The number of nitrogens with one attached hydrogen (secondary N) is 1. The standard InChI is InChI=1S/C11H7ClFNO2/c12-5-9(15)7-3-6-1-2-10(16)14-11(6)8(13)4-7/h1-4H,5H2,(H,14,16). The van der Waals surface area contributed by atoms with E-state index >= 15 is 0 Å². The van der Waals surface area contributed by atoms with E-state index in [1.165, 1.54) is 18.2 Å². The Labute approximate surface area is 94.9 Å². The zero-order valence-electron chi connectivity index (χ0n) is 8.09. The molecule has 2 aromatic rings. The first-order chi connectivity index (χ1) is 7.61. The number of aromatic nitrogens is 1. The number of rotatable bonds is 2. The molecule has 0 unspecified atom stereocenters. The van der Waals surface area contributed by atoms with Crippen LogP contribution >= 0.6 is 11.6 Å². The van der Waals surface area contributed by atoms with E-state index < -0.39 is 5.82 Å². The van der Waals surface area contributed by atoms with E-state index in [1.54, 1.807) is 0 Å². The Kier molecular flexibility index (Phi) is 2.75. The Balaban J connectivity index is 2.73. The van der Waals surface area contributed by atoms with E-state index in [1.807, 2.05) is 0 Å². The minimum Gasteiger partial charge on any atom is -0.319 e. The first-order valence-corrected chi connectivity index (χ1v) is 5.07. The quantitative estimate of drug-likeness (QED) is 0.644. The number of carbonyl (C=O) groups is 1. The molecular weight excluding hydrogens is 233 g/mol. The van der Waals surface area contributed by atoms with Gasteiger partial charge in [0, 0.05) is 17.0 Å². The number of aromatic amines is 1. The van der Waals surface area contributed by atoms with Gasteiger partial charge in [0.05, 0.1) is 11.4 Å². The van der Waals surface area contributed by atoms with Crippen molar-refractivity contribution in [2.24, 2.45) is 0 Å². The monoisotopic (exact) mass is 239 g/mol. The molecule has 0 bridgehead atoms. The zero-order chi connectivity index (χ0) is 11.7. The van der Waals surface area contributed by atoms with Gasteiger partial charge in [-0.2, -0.15) is 0 Å². The summed E-state index contributed by atoms with van der Waals surface area (Å²) in [6, 6.07) is 5.31. The normalized spacial score (nSPS) is 10.6. The van der Waals surface area contributed by atoms with Crippen molar-refractivity contribution in [3.63, 3.8) is 0 Å². The van der Waals surface area contributed by atoms with Crippen molar-refractivity contribution in [1.29, 1.82) is 0 Å². The van der Waals surface area contributed by atoms with Crippen LogP contribution in [0.25, 0.3) is 10.9 Å². The number of alkyl halides is 1. The van der Waals surface area contributed by atoms with E-state index in [2.05, 4.69) is 4.98 Å². The number of hydrogen-bond donors (Lipinski definition) is 1. The largest absolute Gasteiger partial charge is 0.319 e. The van der Waals surface area contributed by atoms with Gasteiger partial charge in [-0.25, -0.2) is 4.39 Å². The summed E-state index contributed by atoms with van der Waals surface area (Å²) >= 11 is 5.39. The van der Waals surface area contributed by atoms with Gasteiger partial charge in [0.25, 0.3) is 0 Å². The highest BCUT2D eigenvalue weighted by Crippen LogP contribution is 2.17. The van der Waals surface area contributed by atoms with Crippen LogP contribution in [0.15, 0.2) is 29.1 Å². The molecule has 0 atom stereocenters. The van der Waals surface area contributed by atoms with Gasteiger partial charge in [0.2, 0.25) is 5.56 Å². The lowest BCUT2D eigenvalue weighted by molar-refractivity contribution is 0.102. The summed E-state index contributed by atoms with van der Waals surface area (Å²) in [5.41, 5.74) is -0.0894. The van der Waals surface area contributed by atoms with Crippen molar-refractivity contribution in [3.05, 3.63) is 46.0 Å². The molecule has 5 heteroatoms. The average molecular weight is 240 g/mol. The average Bonchev–Trinajstić information content (AvgIpc) is 2.28. The minimum atomic E-state index is -0.635. The van der Waals surface area contributed by atoms with Crippen molar-refractivity contribution in [2.75, 3.05) is 5.88 Å². The molecule has 0 amide bonds. The van der Waals surface area contributed by atoms with Crippen LogP contribution in [0.5, 0.6) is 0 Å².